The molecule has 0 aliphatic heterocycles. The second-order valence-electron chi connectivity index (χ2n) is 2.81. The maximum Gasteiger partial charge on any atom is 0.163 e. The number of aliphatic hydroxyl groups is 1. The first-order valence-corrected chi connectivity index (χ1v) is 4.02. The molecule has 1 unspecified atom stereocenters. The summed E-state index contributed by atoms with van der Waals surface area (Å²) in [5.74, 6) is -3.26. The quantitative estimate of drug-likeness (QED) is 0.730. The molecule has 1 aromatic rings. The minimum atomic E-state index is -1.26. The van der Waals surface area contributed by atoms with E-state index in [2.05, 4.69) is 5.32 Å². The third kappa shape index (κ3) is 2.05. The van der Waals surface area contributed by atoms with Crippen LogP contribution in [0.15, 0.2) is 12.1 Å². The molecule has 0 spiro atoms. The molecule has 0 aliphatic carbocycles. The van der Waals surface area contributed by atoms with Gasteiger partial charge in [-0.15, -0.1) is 0 Å². The summed E-state index contributed by atoms with van der Waals surface area (Å²) in [6.45, 7) is -0.434. The highest BCUT2D eigenvalue weighted by atomic mass is 19.2. The van der Waals surface area contributed by atoms with Crippen molar-refractivity contribution in [3.8, 4) is 0 Å². The number of hydrogen-bond donors (Lipinski definition) is 2. The molecule has 1 rings (SSSR count). The number of nitrogens with one attached hydrogen (secondary N) is 1. The van der Waals surface area contributed by atoms with Gasteiger partial charge in [-0.3, -0.25) is 0 Å². The third-order valence-corrected chi connectivity index (χ3v) is 1.93. The van der Waals surface area contributed by atoms with Crippen molar-refractivity contribution in [3.05, 3.63) is 35.1 Å². The highest BCUT2D eigenvalue weighted by Crippen LogP contribution is 2.20. The molecule has 14 heavy (non-hydrogen) atoms. The highest BCUT2D eigenvalue weighted by molar-refractivity contribution is 5.23. The standard InChI is InChI=1S/C9H10F3NO/c1-13-8(4-14)6-2-5(10)3-7(11)9(6)12/h2-3,8,13-14H,4H2,1H3. The smallest absolute Gasteiger partial charge is 0.163 e. The Kier molecular flexibility index (Phi) is 3.49. The maximum atomic E-state index is 13.1. The van der Waals surface area contributed by atoms with Crippen molar-refractivity contribution in [2.45, 2.75) is 6.04 Å². The molecule has 0 saturated heterocycles. The maximum absolute atomic E-state index is 13.1. The molecule has 0 radical (unpaired) electrons. The number of halogens is 3. The summed E-state index contributed by atoms with van der Waals surface area (Å²) in [7, 11) is 1.46. The van der Waals surface area contributed by atoms with Gasteiger partial charge in [0.2, 0.25) is 0 Å². The van der Waals surface area contributed by atoms with Crippen molar-refractivity contribution in [2.75, 3.05) is 13.7 Å². The zero-order valence-electron chi connectivity index (χ0n) is 7.52. The van der Waals surface area contributed by atoms with Gasteiger partial charge in [-0.25, -0.2) is 13.2 Å². The lowest BCUT2D eigenvalue weighted by Gasteiger charge is -2.14. The minimum absolute atomic E-state index is 0.215. The molecular formula is C9H10F3NO. The van der Waals surface area contributed by atoms with Gasteiger partial charge in [0.25, 0.3) is 0 Å². The zero-order chi connectivity index (χ0) is 10.7. The van der Waals surface area contributed by atoms with Gasteiger partial charge in [0.1, 0.15) is 5.82 Å². The number of rotatable bonds is 3. The van der Waals surface area contributed by atoms with E-state index >= 15 is 0 Å². The SMILES string of the molecule is CNC(CO)c1cc(F)cc(F)c1F. The topological polar surface area (TPSA) is 32.3 Å². The van der Waals surface area contributed by atoms with Crippen LogP contribution >= 0.6 is 0 Å². The second kappa shape index (κ2) is 4.43. The molecule has 1 aromatic carbocycles. The van der Waals surface area contributed by atoms with Crippen molar-refractivity contribution < 1.29 is 18.3 Å². The van der Waals surface area contributed by atoms with Crippen LogP contribution < -0.4 is 5.32 Å². The van der Waals surface area contributed by atoms with Crippen LogP contribution in [0.3, 0.4) is 0 Å². The Balaban J connectivity index is 3.18. The largest absolute Gasteiger partial charge is 0.394 e. The average Bonchev–Trinajstić information content (AvgIpc) is 2.15. The Labute approximate surface area is 79.4 Å². The van der Waals surface area contributed by atoms with Crippen LogP contribution in [-0.2, 0) is 0 Å². The van der Waals surface area contributed by atoms with Crippen LogP contribution in [0, 0.1) is 17.5 Å². The predicted molar refractivity (Wildman–Crippen MR) is 45.2 cm³/mol. The van der Waals surface area contributed by atoms with Crippen LogP contribution in [0.5, 0.6) is 0 Å². The van der Waals surface area contributed by atoms with Gasteiger partial charge in [-0.1, -0.05) is 0 Å². The first kappa shape index (κ1) is 11.0. The van der Waals surface area contributed by atoms with Crippen molar-refractivity contribution in [1.29, 1.82) is 0 Å². The first-order chi connectivity index (χ1) is 6.60. The summed E-state index contributed by atoms with van der Waals surface area (Å²) in [5.41, 5.74) is -0.215. The molecule has 78 valence electrons. The van der Waals surface area contributed by atoms with E-state index in [1.807, 2.05) is 0 Å². The number of aliphatic hydroxyl groups excluding tert-OH is 1. The Bertz CT molecular complexity index is 326. The van der Waals surface area contributed by atoms with E-state index < -0.39 is 30.1 Å². The number of benzene rings is 1. The molecule has 0 aliphatic rings. The van der Waals surface area contributed by atoms with Crippen molar-refractivity contribution in [2.24, 2.45) is 0 Å². The summed E-state index contributed by atoms with van der Waals surface area (Å²) in [6.07, 6.45) is 0. The Hall–Kier alpha value is -1.07. The predicted octanol–water partition coefficient (Wildman–Crippen LogP) is 1.36. The van der Waals surface area contributed by atoms with E-state index in [1.165, 1.54) is 7.05 Å². The fraction of sp³-hybridized carbons (Fsp3) is 0.333. The normalized spacial score (nSPS) is 12.9. The van der Waals surface area contributed by atoms with Gasteiger partial charge in [0.15, 0.2) is 11.6 Å². The lowest BCUT2D eigenvalue weighted by Crippen LogP contribution is -2.21. The van der Waals surface area contributed by atoms with Crippen molar-refractivity contribution in [1.82, 2.24) is 5.32 Å². The lowest BCUT2D eigenvalue weighted by molar-refractivity contribution is 0.246. The van der Waals surface area contributed by atoms with E-state index in [9.17, 15) is 13.2 Å². The second-order valence-corrected chi connectivity index (χ2v) is 2.81. The molecule has 0 saturated carbocycles. The molecule has 5 heteroatoms. The zero-order valence-corrected chi connectivity index (χ0v) is 7.52. The summed E-state index contributed by atoms with van der Waals surface area (Å²) >= 11 is 0. The van der Waals surface area contributed by atoms with Gasteiger partial charge in [-0.05, 0) is 13.1 Å². The van der Waals surface area contributed by atoms with Gasteiger partial charge in [0, 0.05) is 11.6 Å². The van der Waals surface area contributed by atoms with E-state index in [-0.39, 0.29) is 5.56 Å². The summed E-state index contributed by atoms with van der Waals surface area (Å²) in [4.78, 5) is 0. The summed E-state index contributed by atoms with van der Waals surface area (Å²) < 4.78 is 38.6. The van der Waals surface area contributed by atoms with E-state index in [1.54, 1.807) is 0 Å². The molecule has 0 heterocycles. The van der Waals surface area contributed by atoms with Crippen LogP contribution in [0.2, 0.25) is 0 Å². The molecule has 1 atom stereocenters. The van der Waals surface area contributed by atoms with Crippen LogP contribution in [0.4, 0.5) is 13.2 Å². The van der Waals surface area contributed by atoms with Crippen LogP contribution in [0.25, 0.3) is 0 Å². The van der Waals surface area contributed by atoms with Crippen LogP contribution in [-0.4, -0.2) is 18.8 Å². The molecular weight excluding hydrogens is 195 g/mol. The van der Waals surface area contributed by atoms with Gasteiger partial charge in [-0.2, -0.15) is 0 Å². The fourth-order valence-electron chi connectivity index (χ4n) is 1.17. The van der Waals surface area contributed by atoms with Gasteiger partial charge < -0.3 is 10.4 Å². The fourth-order valence-corrected chi connectivity index (χ4v) is 1.17. The Morgan fingerprint density at radius 1 is 1.36 bits per heavy atom. The third-order valence-electron chi connectivity index (χ3n) is 1.93. The molecule has 0 fully saturated rings. The Morgan fingerprint density at radius 2 is 2.00 bits per heavy atom. The Morgan fingerprint density at radius 3 is 2.50 bits per heavy atom. The van der Waals surface area contributed by atoms with Crippen molar-refractivity contribution in [3.63, 3.8) is 0 Å². The van der Waals surface area contributed by atoms with E-state index in [0.717, 1.165) is 6.07 Å². The van der Waals surface area contributed by atoms with Gasteiger partial charge in [0.05, 0.1) is 12.6 Å². The first-order valence-electron chi connectivity index (χ1n) is 4.02. The minimum Gasteiger partial charge on any atom is -0.394 e. The molecule has 2 N–H and O–H groups in total. The lowest BCUT2D eigenvalue weighted by atomic mass is 10.1. The number of hydrogen-bond acceptors (Lipinski definition) is 2. The molecule has 2 nitrogen and oxygen atoms in total. The number of likely N-dealkylation sites (N-methyl/N-ethyl adjacent to an activating group) is 1. The van der Waals surface area contributed by atoms with Crippen molar-refractivity contribution >= 4 is 0 Å². The molecule has 0 bridgehead atoms. The van der Waals surface area contributed by atoms with E-state index in [0.29, 0.717) is 6.07 Å². The summed E-state index contributed by atoms with van der Waals surface area (Å²) in [5, 5.41) is 11.4. The average molecular weight is 205 g/mol. The van der Waals surface area contributed by atoms with Gasteiger partial charge >= 0.3 is 0 Å². The molecule has 0 amide bonds. The monoisotopic (exact) mass is 205 g/mol. The molecule has 0 aromatic heterocycles. The highest BCUT2D eigenvalue weighted by Gasteiger charge is 2.17. The van der Waals surface area contributed by atoms with Crippen LogP contribution in [0.1, 0.15) is 11.6 Å². The summed E-state index contributed by atoms with van der Waals surface area (Å²) in [6, 6.07) is 0.513. The van der Waals surface area contributed by atoms with E-state index in [4.69, 9.17) is 5.11 Å².